The first-order valence-corrected chi connectivity index (χ1v) is 10.1. The molecule has 3 heterocycles. The van der Waals surface area contributed by atoms with Gasteiger partial charge in [-0.05, 0) is 31.9 Å². The number of esters is 1. The summed E-state index contributed by atoms with van der Waals surface area (Å²) in [6.07, 6.45) is 4.89. The molecule has 148 valence electrons. The quantitative estimate of drug-likeness (QED) is 0.661. The third-order valence-corrected chi connectivity index (χ3v) is 5.15. The van der Waals surface area contributed by atoms with Gasteiger partial charge in [0.25, 0.3) is 5.91 Å². The molecule has 0 aromatic carbocycles. The molecule has 3 rings (SSSR count). The summed E-state index contributed by atoms with van der Waals surface area (Å²) in [5, 5.41) is 5.33. The first-order valence-electron chi connectivity index (χ1n) is 9.24. The van der Waals surface area contributed by atoms with Crippen molar-refractivity contribution in [2.45, 2.75) is 32.6 Å². The Kier molecular flexibility index (Phi) is 6.70. The van der Waals surface area contributed by atoms with Crippen LogP contribution < -0.4 is 0 Å². The van der Waals surface area contributed by atoms with E-state index in [1.807, 2.05) is 12.1 Å². The van der Waals surface area contributed by atoms with E-state index >= 15 is 0 Å². The maximum Gasteiger partial charge on any atom is 0.305 e. The molecule has 0 unspecified atom stereocenters. The van der Waals surface area contributed by atoms with E-state index in [1.165, 1.54) is 21.4 Å². The van der Waals surface area contributed by atoms with Crippen molar-refractivity contribution in [1.82, 2.24) is 20.0 Å². The van der Waals surface area contributed by atoms with Crippen molar-refractivity contribution >= 4 is 29.1 Å². The highest BCUT2D eigenvalue weighted by molar-refractivity contribution is 7.13. The Labute approximate surface area is 167 Å². The second-order valence-electron chi connectivity index (χ2n) is 6.24. The van der Waals surface area contributed by atoms with E-state index in [0.29, 0.717) is 36.8 Å². The third-order valence-electron chi connectivity index (χ3n) is 4.26. The van der Waals surface area contributed by atoms with Gasteiger partial charge in [-0.1, -0.05) is 0 Å². The number of hydrogen-bond donors (Lipinski definition) is 0. The number of hydrogen-bond acceptors (Lipinski definition) is 7. The van der Waals surface area contributed by atoms with Crippen molar-refractivity contribution in [2.75, 3.05) is 19.7 Å². The minimum Gasteiger partial charge on any atom is -0.466 e. The van der Waals surface area contributed by atoms with Gasteiger partial charge < -0.3 is 4.74 Å². The Bertz CT molecular complexity index is 839. The smallest absolute Gasteiger partial charge is 0.305 e. The van der Waals surface area contributed by atoms with E-state index in [9.17, 15) is 14.4 Å². The SMILES string of the molecule is CCOC(=O)CCCC(=O)N1CCCN1C(=O)c1csc(-c2cccnc2)n1. The Hall–Kier alpha value is -2.81. The summed E-state index contributed by atoms with van der Waals surface area (Å²) >= 11 is 1.37. The van der Waals surface area contributed by atoms with Gasteiger partial charge in [0.15, 0.2) is 0 Å². The minimum absolute atomic E-state index is 0.169. The molecule has 2 aromatic heterocycles. The molecule has 0 aliphatic carbocycles. The van der Waals surface area contributed by atoms with Gasteiger partial charge in [0.05, 0.1) is 6.61 Å². The molecule has 0 bridgehead atoms. The fraction of sp³-hybridized carbons (Fsp3) is 0.421. The van der Waals surface area contributed by atoms with Crippen LogP contribution in [0.25, 0.3) is 10.6 Å². The molecule has 1 saturated heterocycles. The van der Waals surface area contributed by atoms with Gasteiger partial charge in [0.2, 0.25) is 5.91 Å². The van der Waals surface area contributed by atoms with E-state index < -0.39 is 0 Å². The second-order valence-corrected chi connectivity index (χ2v) is 7.10. The molecule has 1 aliphatic rings. The lowest BCUT2D eigenvalue weighted by atomic mass is 10.2. The highest BCUT2D eigenvalue weighted by Gasteiger charge is 2.32. The zero-order chi connectivity index (χ0) is 19.9. The summed E-state index contributed by atoms with van der Waals surface area (Å²) in [6, 6.07) is 3.70. The van der Waals surface area contributed by atoms with Crippen LogP contribution >= 0.6 is 11.3 Å². The number of pyridine rings is 1. The number of carbonyl (C=O) groups excluding carboxylic acids is 3. The number of amides is 2. The monoisotopic (exact) mass is 402 g/mol. The highest BCUT2D eigenvalue weighted by Crippen LogP contribution is 2.24. The van der Waals surface area contributed by atoms with Crippen LogP contribution in [0.15, 0.2) is 29.9 Å². The van der Waals surface area contributed by atoms with Crippen LogP contribution in [0.4, 0.5) is 0 Å². The highest BCUT2D eigenvalue weighted by atomic mass is 32.1. The largest absolute Gasteiger partial charge is 0.466 e. The van der Waals surface area contributed by atoms with E-state index in [4.69, 9.17) is 4.74 Å². The first kappa shape index (κ1) is 19.9. The number of carbonyl (C=O) groups is 3. The summed E-state index contributed by atoms with van der Waals surface area (Å²) in [5.74, 6) is -0.768. The third kappa shape index (κ3) is 4.72. The molecule has 9 heteroatoms. The van der Waals surface area contributed by atoms with Crippen molar-refractivity contribution in [3.8, 4) is 10.6 Å². The molecular weight excluding hydrogens is 380 g/mol. The van der Waals surface area contributed by atoms with Gasteiger partial charge in [-0.15, -0.1) is 11.3 Å². The molecule has 1 aliphatic heterocycles. The summed E-state index contributed by atoms with van der Waals surface area (Å²) in [6.45, 7) is 3.04. The van der Waals surface area contributed by atoms with Crippen molar-refractivity contribution in [2.24, 2.45) is 0 Å². The average Bonchev–Trinajstić information content (AvgIpc) is 3.38. The second kappa shape index (κ2) is 9.41. The Balaban J connectivity index is 1.61. The van der Waals surface area contributed by atoms with Crippen LogP contribution in [0.5, 0.6) is 0 Å². The van der Waals surface area contributed by atoms with E-state index in [-0.39, 0.29) is 30.6 Å². The molecule has 2 amide bonds. The molecule has 1 fully saturated rings. The summed E-state index contributed by atoms with van der Waals surface area (Å²) in [4.78, 5) is 45.2. The van der Waals surface area contributed by atoms with Crippen molar-refractivity contribution in [3.05, 3.63) is 35.6 Å². The normalized spacial score (nSPS) is 13.6. The maximum absolute atomic E-state index is 12.9. The number of aromatic nitrogens is 2. The number of nitrogens with zero attached hydrogens (tertiary/aromatic N) is 4. The van der Waals surface area contributed by atoms with Gasteiger partial charge in [-0.2, -0.15) is 0 Å². The summed E-state index contributed by atoms with van der Waals surface area (Å²) < 4.78 is 4.87. The average molecular weight is 402 g/mol. The standard InChI is InChI=1S/C19H22N4O4S/c1-2-27-17(25)8-3-7-16(24)22-10-5-11-23(22)19(26)15-13-28-18(21-15)14-6-4-9-20-12-14/h4,6,9,12-13H,2-3,5,7-8,10-11H2,1H3. The summed E-state index contributed by atoms with van der Waals surface area (Å²) in [7, 11) is 0. The van der Waals surface area contributed by atoms with Crippen LogP contribution in [0.1, 0.15) is 43.1 Å². The van der Waals surface area contributed by atoms with Gasteiger partial charge in [-0.25, -0.2) is 9.99 Å². The van der Waals surface area contributed by atoms with Gasteiger partial charge in [-0.3, -0.25) is 24.4 Å². The van der Waals surface area contributed by atoms with E-state index in [2.05, 4.69) is 9.97 Å². The molecule has 2 aromatic rings. The Morgan fingerprint density at radius 3 is 2.79 bits per heavy atom. The molecule has 8 nitrogen and oxygen atoms in total. The zero-order valence-corrected chi connectivity index (χ0v) is 16.5. The molecule has 0 N–H and O–H groups in total. The van der Waals surface area contributed by atoms with Crippen molar-refractivity contribution < 1.29 is 19.1 Å². The molecule has 0 radical (unpaired) electrons. The van der Waals surface area contributed by atoms with Crippen LogP contribution in [0.2, 0.25) is 0 Å². The number of thiazole rings is 1. The Morgan fingerprint density at radius 1 is 1.21 bits per heavy atom. The molecule has 0 saturated carbocycles. The number of rotatable bonds is 7. The molecule has 28 heavy (non-hydrogen) atoms. The zero-order valence-electron chi connectivity index (χ0n) is 15.7. The maximum atomic E-state index is 12.9. The van der Waals surface area contributed by atoms with Gasteiger partial charge in [0, 0.05) is 49.3 Å². The predicted molar refractivity (Wildman–Crippen MR) is 103 cm³/mol. The van der Waals surface area contributed by atoms with Crippen LogP contribution in [-0.4, -0.2) is 57.5 Å². The van der Waals surface area contributed by atoms with Gasteiger partial charge >= 0.3 is 5.97 Å². The molecule has 0 atom stereocenters. The first-order chi connectivity index (χ1) is 13.6. The Morgan fingerprint density at radius 2 is 2.04 bits per heavy atom. The fourth-order valence-corrected chi connectivity index (χ4v) is 3.74. The number of ether oxygens (including phenoxy) is 1. The van der Waals surface area contributed by atoms with Crippen molar-refractivity contribution in [1.29, 1.82) is 0 Å². The molecule has 0 spiro atoms. The minimum atomic E-state index is -0.310. The van der Waals surface area contributed by atoms with Crippen molar-refractivity contribution in [3.63, 3.8) is 0 Å². The lowest BCUT2D eigenvalue weighted by molar-refractivity contribution is -0.144. The van der Waals surface area contributed by atoms with Gasteiger partial charge in [0.1, 0.15) is 10.7 Å². The van der Waals surface area contributed by atoms with E-state index in [1.54, 1.807) is 24.7 Å². The fourth-order valence-electron chi connectivity index (χ4n) is 2.95. The van der Waals surface area contributed by atoms with Crippen LogP contribution in [0, 0.1) is 0 Å². The lowest BCUT2D eigenvalue weighted by Crippen LogP contribution is -2.44. The topological polar surface area (TPSA) is 92.7 Å². The predicted octanol–water partition coefficient (Wildman–Crippen LogP) is 2.53. The molecular formula is C19H22N4O4S. The van der Waals surface area contributed by atoms with Crippen LogP contribution in [0.3, 0.4) is 0 Å². The summed E-state index contributed by atoms with van der Waals surface area (Å²) in [5.41, 5.74) is 1.16. The number of hydrazine groups is 1. The lowest BCUT2D eigenvalue weighted by Gasteiger charge is -2.27. The van der Waals surface area contributed by atoms with Crippen LogP contribution in [-0.2, 0) is 14.3 Å². The van der Waals surface area contributed by atoms with E-state index in [0.717, 1.165) is 12.0 Å².